The van der Waals surface area contributed by atoms with Crippen molar-refractivity contribution in [2.45, 2.75) is 31.8 Å². The fourth-order valence-electron chi connectivity index (χ4n) is 2.65. The molecule has 0 radical (unpaired) electrons. The molecular weight excluding hydrogens is 310 g/mol. The fraction of sp³-hybridized carbons (Fsp3) is 0.364. The molecule has 134 valence electrons. The Balaban J connectivity index is 1.95. The molecule has 0 fully saturated rings. The number of allylic oxidation sites excluding steroid dienone is 1. The van der Waals surface area contributed by atoms with E-state index in [9.17, 15) is 0 Å². The average molecular weight is 339 g/mol. The molecule has 3 nitrogen and oxygen atoms in total. The van der Waals surface area contributed by atoms with Gasteiger partial charge in [-0.3, -0.25) is 0 Å². The number of hydrogen-bond donors (Lipinski definition) is 2. The molecule has 0 aliphatic rings. The Kier molecular flexibility index (Phi) is 8.81. The average Bonchev–Trinajstić information content (AvgIpc) is 2.67. The van der Waals surface area contributed by atoms with Gasteiger partial charge < -0.3 is 15.2 Å². The molecule has 1 atom stereocenters. The standard InChI is InChI=1S/C22H29NO2/c1-23-17-16-22(20-10-6-4-7-11-20)25-21-14-12-19(13-15-21)9-5-2-3-8-18-24/h4-7,9-15,22-24H,2-3,8,16-18H2,1H3. The van der Waals surface area contributed by atoms with Crippen LogP contribution in [0.5, 0.6) is 5.75 Å². The van der Waals surface area contributed by atoms with E-state index in [1.165, 1.54) is 11.1 Å². The highest BCUT2D eigenvalue weighted by Gasteiger charge is 2.12. The molecule has 3 heteroatoms. The summed E-state index contributed by atoms with van der Waals surface area (Å²) in [6, 6.07) is 18.6. The van der Waals surface area contributed by atoms with Gasteiger partial charge in [-0.1, -0.05) is 54.6 Å². The van der Waals surface area contributed by atoms with Crippen molar-refractivity contribution in [3.8, 4) is 5.75 Å². The van der Waals surface area contributed by atoms with Crippen LogP contribution in [0.3, 0.4) is 0 Å². The van der Waals surface area contributed by atoms with Gasteiger partial charge in [-0.2, -0.15) is 0 Å². The zero-order valence-corrected chi connectivity index (χ0v) is 15.0. The maximum Gasteiger partial charge on any atom is 0.125 e. The lowest BCUT2D eigenvalue weighted by atomic mass is 10.1. The Morgan fingerprint density at radius 2 is 1.80 bits per heavy atom. The Bertz CT molecular complexity index is 608. The second-order valence-electron chi connectivity index (χ2n) is 6.10. The zero-order valence-electron chi connectivity index (χ0n) is 15.0. The largest absolute Gasteiger partial charge is 0.486 e. The third-order valence-corrected chi connectivity index (χ3v) is 4.08. The van der Waals surface area contributed by atoms with E-state index in [2.05, 4.69) is 53.9 Å². The molecule has 0 amide bonds. The highest BCUT2D eigenvalue weighted by atomic mass is 16.5. The summed E-state index contributed by atoms with van der Waals surface area (Å²) >= 11 is 0. The van der Waals surface area contributed by atoms with Crippen LogP contribution in [0.15, 0.2) is 60.7 Å². The third kappa shape index (κ3) is 7.12. The van der Waals surface area contributed by atoms with E-state index in [-0.39, 0.29) is 12.7 Å². The summed E-state index contributed by atoms with van der Waals surface area (Å²) in [5.41, 5.74) is 2.37. The number of hydrogen-bond acceptors (Lipinski definition) is 3. The van der Waals surface area contributed by atoms with E-state index in [1.807, 2.05) is 25.2 Å². The minimum atomic E-state index is 0.0496. The van der Waals surface area contributed by atoms with E-state index < -0.39 is 0 Å². The van der Waals surface area contributed by atoms with E-state index in [0.29, 0.717) is 0 Å². The number of rotatable bonds is 11. The second-order valence-corrected chi connectivity index (χ2v) is 6.10. The molecule has 1 unspecified atom stereocenters. The molecule has 0 saturated carbocycles. The summed E-state index contributed by atoms with van der Waals surface area (Å²) in [7, 11) is 1.96. The molecule has 25 heavy (non-hydrogen) atoms. The first-order valence-corrected chi connectivity index (χ1v) is 9.07. The maximum atomic E-state index is 8.78. The van der Waals surface area contributed by atoms with Crippen LogP contribution in [0.4, 0.5) is 0 Å². The highest BCUT2D eigenvalue weighted by Crippen LogP contribution is 2.25. The summed E-state index contributed by atoms with van der Waals surface area (Å²) in [5, 5.41) is 12.0. The van der Waals surface area contributed by atoms with Crippen LogP contribution in [-0.4, -0.2) is 25.3 Å². The first kappa shape index (κ1) is 19.2. The topological polar surface area (TPSA) is 41.5 Å². The molecule has 0 heterocycles. The van der Waals surface area contributed by atoms with Crippen molar-refractivity contribution in [1.82, 2.24) is 5.32 Å². The van der Waals surface area contributed by atoms with Crippen LogP contribution in [0.2, 0.25) is 0 Å². The van der Waals surface area contributed by atoms with Gasteiger partial charge in [0.1, 0.15) is 11.9 Å². The number of nitrogens with one attached hydrogen (secondary N) is 1. The lowest BCUT2D eigenvalue weighted by Gasteiger charge is -2.19. The first-order valence-electron chi connectivity index (χ1n) is 9.07. The second kappa shape index (κ2) is 11.5. The Morgan fingerprint density at radius 1 is 1.04 bits per heavy atom. The smallest absolute Gasteiger partial charge is 0.125 e. The van der Waals surface area contributed by atoms with Crippen LogP contribution in [0.25, 0.3) is 6.08 Å². The van der Waals surface area contributed by atoms with E-state index in [1.54, 1.807) is 0 Å². The van der Waals surface area contributed by atoms with Gasteiger partial charge >= 0.3 is 0 Å². The molecule has 2 N–H and O–H groups in total. The quantitative estimate of drug-likeness (QED) is 0.588. The maximum absolute atomic E-state index is 8.78. The van der Waals surface area contributed by atoms with Crippen molar-refractivity contribution < 1.29 is 9.84 Å². The molecule has 0 aromatic heterocycles. The van der Waals surface area contributed by atoms with Crippen LogP contribution in [0.1, 0.15) is 42.9 Å². The van der Waals surface area contributed by atoms with Gasteiger partial charge in [0, 0.05) is 13.0 Å². The normalized spacial score (nSPS) is 12.4. The van der Waals surface area contributed by atoms with Gasteiger partial charge in [0.25, 0.3) is 0 Å². The molecule has 0 spiro atoms. The first-order chi connectivity index (χ1) is 12.3. The summed E-state index contributed by atoms with van der Waals surface area (Å²) < 4.78 is 6.22. The fourth-order valence-corrected chi connectivity index (χ4v) is 2.65. The molecule has 0 saturated heterocycles. The molecule has 2 aromatic carbocycles. The molecular formula is C22H29NO2. The van der Waals surface area contributed by atoms with Gasteiger partial charge in [-0.05, 0) is 56.1 Å². The van der Waals surface area contributed by atoms with Crippen molar-refractivity contribution in [3.05, 3.63) is 71.8 Å². The van der Waals surface area contributed by atoms with Gasteiger partial charge in [-0.15, -0.1) is 0 Å². The Morgan fingerprint density at radius 3 is 2.48 bits per heavy atom. The third-order valence-electron chi connectivity index (χ3n) is 4.08. The van der Waals surface area contributed by atoms with Gasteiger partial charge in [0.2, 0.25) is 0 Å². The number of ether oxygens (including phenoxy) is 1. The number of aliphatic hydroxyl groups excluding tert-OH is 1. The summed E-state index contributed by atoms with van der Waals surface area (Å²) in [5.74, 6) is 0.891. The van der Waals surface area contributed by atoms with Crippen LogP contribution in [0, 0.1) is 0 Å². The van der Waals surface area contributed by atoms with Crippen molar-refractivity contribution in [2.75, 3.05) is 20.2 Å². The minimum Gasteiger partial charge on any atom is -0.486 e. The van der Waals surface area contributed by atoms with Crippen LogP contribution in [-0.2, 0) is 0 Å². The van der Waals surface area contributed by atoms with Crippen LogP contribution >= 0.6 is 0 Å². The van der Waals surface area contributed by atoms with Gasteiger partial charge in [0.05, 0.1) is 0 Å². The monoisotopic (exact) mass is 339 g/mol. The predicted molar refractivity (Wildman–Crippen MR) is 105 cm³/mol. The minimum absolute atomic E-state index is 0.0496. The Hall–Kier alpha value is -2.10. The number of benzene rings is 2. The predicted octanol–water partition coefficient (Wildman–Crippen LogP) is 4.59. The van der Waals surface area contributed by atoms with Crippen molar-refractivity contribution >= 4 is 6.08 Å². The summed E-state index contributed by atoms with van der Waals surface area (Å²) in [6.07, 6.45) is 8.14. The van der Waals surface area contributed by atoms with Crippen molar-refractivity contribution in [1.29, 1.82) is 0 Å². The molecule has 0 aliphatic carbocycles. The van der Waals surface area contributed by atoms with Crippen LogP contribution < -0.4 is 10.1 Å². The summed E-state index contributed by atoms with van der Waals surface area (Å²) in [6.45, 7) is 1.18. The molecule has 2 aromatic rings. The molecule has 2 rings (SSSR count). The lowest BCUT2D eigenvalue weighted by molar-refractivity contribution is 0.195. The molecule has 0 bridgehead atoms. The lowest BCUT2D eigenvalue weighted by Crippen LogP contribution is -2.16. The SMILES string of the molecule is CNCCC(Oc1ccc(C=CCCCCO)cc1)c1ccccc1. The van der Waals surface area contributed by atoms with E-state index in [4.69, 9.17) is 9.84 Å². The van der Waals surface area contributed by atoms with Gasteiger partial charge in [0.15, 0.2) is 0 Å². The van der Waals surface area contributed by atoms with E-state index >= 15 is 0 Å². The zero-order chi connectivity index (χ0) is 17.7. The van der Waals surface area contributed by atoms with Gasteiger partial charge in [-0.25, -0.2) is 0 Å². The van der Waals surface area contributed by atoms with E-state index in [0.717, 1.165) is 38.0 Å². The highest BCUT2D eigenvalue weighted by molar-refractivity contribution is 5.50. The molecule has 0 aliphatic heterocycles. The van der Waals surface area contributed by atoms with Crippen molar-refractivity contribution in [2.24, 2.45) is 0 Å². The Labute approximate surface area is 151 Å². The number of aliphatic hydroxyl groups is 1. The van der Waals surface area contributed by atoms with Crippen molar-refractivity contribution in [3.63, 3.8) is 0 Å². The number of unbranched alkanes of at least 4 members (excludes halogenated alkanes) is 2. The summed E-state index contributed by atoms with van der Waals surface area (Å²) in [4.78, 5) is 0.